The van der Waals surface area contributed by atoms with Crippen LogP contribution in [0.15, 0.2) is 29.3 Å². The molecule has 0 bridgehead atoms. The Labute approximate surface area is 150 Å². The summed E-state index contributed by atoms with van der Waals surface area (Å²) in [6, 6.07) is 7.96. The Kier molecular flexibility index (Phi) is 8.05. The lowest BCUT2D eigenvalue weighted by Gasteiger charge is -2.26. The number of amides is 1. The molecule has 1 aromatic rings. The summed E-state index contributed by atoms with van der Waals surface area (Å²) < 4.78 is 0. The second kappa shape index (κ2) is 9.52. The fourth-order valence-electron chi connectivity index (χ4n) is 2.32. The predicted molar refractivity (Wildman–Crippen MR) is 102 cm³/mol. The first kappa shape index (κ1) is 20.3. The molecule has 2 N–H and O–H groups in total. The maximum Gasteiger partial charge on any atom is 0.223 e. The van der Waals surface area contributed by atoms with Crippen molar-refractivity contribution in [2.75, 3.05) is 34.2 Å². The average molecular weight is 353 g/mol. The summed E-state index contributed by atoms with van der Waals surface area (Å²) in [6.45, 7) is 5.72. The number of hydrogen-bond donors (Lipinski definition) is 2. The van der Waals surface area contributed by atoms with Gasteiger partial charge in [0.05, 0.1) is 0 Å². The van der Waals surface area contributed by atoms with Gasteiger partial charge in [0.25, 0.3) is 0 Å². The minimum atomic E-state index is 0.0434. The van der Waals surface area contributed by atoms with Gasteiger partial charge < -0.3 is 15.5 Å². The van der Waals surface area contributed by atoms with Gasteiger partial charge in [-0.2, -0.15) is 0 Å². The monoisotopic (exact) mass is 352 g/mol. The highest BCUT2D eigenvalue weighted by atomic mass is 35.5. The molecule has 1 amide bonds. The molecule has 0 radical (unpaired) electrons. The Bertz CT molecular complexity index is 570. The molecule has 0 aliphatic heterocycles. The average Bonchev–Trinajstić information content (AvgIpc) is 2.49. The van der Waals surface area contributed by atoms with E-state index in [2.05, 4.69) is 35.5 Å². The third-order valence-electron chi connectivity index (χ3n) is 3.66. The van der Waals surface area contributed by atoms with Crippen molar-refractivity contribution in [2.45, 2.75) is 26.7 Å². The van der Waals surface area contributed by atoms with Gasteiger partial charge in [-0.05, 0) is 29.5 Å². The molecule has 1 rings (SSSR count). The number of nitrogens with one attached hydrogen (secondary N) is 2. The van der Waals surface area contributed by atoms with E-state index in [1.54, 1.807) is 26.0 Å². The molecular weight excluding hydrogens is 324 g/mol. The standard InChI is InChI=1S/C18H29ClN4O/c1-18(2,12-14-7-6-8-15(19)11-14)13-22-17(20-3)21-10-9-16(24)23(4)5/h6-8,11H,9-10,12-13H2,1-5H3,(H2,20,21,22). The lowest BCUT2D eigenvalue weighted by molar-refractivity contribution is -0.128. The van der Waals surface area contributed by atoms with Crippen LogP contribution in [0, 0.1) is 5.41 Å². The van der Waals surface area contributed by atoms with Crippen molar-refractivity contribution in [1.82, 2.24) is 15.5 Å². The number of benzene rings is 1. The summed E-state index contributed by atoms with van der Waals surface area (Å²) in [5.74, 6) is 0.806. The summed E-state index contributed by atoms with van der Waals surface area (Å²) in [6.07, 6.45) is 1.36. The van der Waals surface area contributed by atoms with Crippen LogP contribution >= 0.6 is 11.6 Å². The van der Waals surface area contributed by atoms with Crippen LogP contribution in [0.2, 0.25) is 5.02 Å². The van der Waals surface area contributed by atoms with Crippen molar-refractivity contribution in [1.29, 1.82) is 0 Å². The number of carbonyl (C=O) groups excluding carboxylic acids is 1. The molecule has 0 spiro atoms. The van der Waals surface area contributed by atoms with Crippen molar-refractivity contribution < 1.29 is 4.79 Å². The smallest absolute Gasteiger partial charge is 0.223 e. The topological polar surface area (TPSA) is 56.7 Å². The van der Waals surface area contributed by atoms with Gasteiger partial charge in [-0.15, -0.1) is 0 Å². The van der Waals surface area contributed by atoms with Crippen molar-refractivity contribution in [2.24, 2.45) is 10.4 Å². The molecule has 0 unspecified atom stereocenters. The van der Waals surface area contributed by atoms with Crippen LogP contribution in [0.1, 0.15) is 25.8 Å². The first-order valence-electron chi connectivity index (χ1n) is 8.12. The number of rotatable bonds is 7. The highest BCUT2D eigenvalue weighted by Gasteiger charge is 2.19. The van der Waals surface area contributed by atoms with E-state index < -0.39 is 0 Å². The van der Waals surface area contributed by atoms with Gasteiger partial charge in [-0.1, -0.05) is 37.6 Å². The zero-order chi connectivity index (χ0) is 18.2. The number of guanidine groups is 1. The van der Waals surface area contributed by atoms with Crippen molar-refractivity contribution in [3.05, 3.63) is 34.9 Å². The molecule has 0 aliphatic carbocycles. The van der Waals surface area contributed by atoms with Gasteiger partial charge in [0.2, 0.25) is 5.91 Å². The summed E-state index contributed by atoms with van der Waals surface area (Å²) >= 11 is 6.05. The van der Waals surface area contributed by atoms with Crippen molar-refractivity contribution >= 4 is 23.5 Å². The second-order valence-corrected chi connectivity index (χ2v) is 7.30. The molecule has 0 aliphatic rings. The molecule has 0 heterocycles. The van der Waals surface area contributed by atoms with Crippen LogP contribution in [0.25, 0.3) is 0 Å². The Morgan fingerprint density at radius 1 is 1.29 bits per heavy atom. The molecule has 0 saturated heterocycles. The Hall–Kier alpha value is -1.75. The normalized spacial score (nSPS) is 12.0. The molecule has 0 aromatic heterocycles. The zero-order valence-corrected chi connectivity index (χ0v) is 16.1. The highest BCUT2D eigenvalue weighted by molar-refractivity contribution is 6.30. The summed E-state index contributed by atoms with van der Waals surface area (Å²) in [5, 5.41) is 7.26. The highest BCUT2D eigenvalue weighted by Crippen LogP contribution is 2.22. The van der Waals surface area contributed by atoms with Crippen LogP contribution in [0.3, 0.4) is 0 Å². The Morgan fingerprint density at radius 2 is 2.00 bits per heavy atom. The van der Waals surface area contributed by atoms with E-state index in [0.29, 0.717) is 18.9 Å². The van der Waals surface area contributed by atoms with Gasteiger partial charge in [-0.25, -0.2) is 0 Å². The summed E-state index contributed by atoms with van der Waals surface area (Å²) in [5.41, 5.74) is 1.26. The van der Waals surface area contributed by atoms with Gasteiger partial charge >= 0.3 is 0 Å². The fourth-order valence-corrected chi connectivity index (χ4v) is 2.53. The molecule has 24 heavy (non-hydrogen) atoms. The van der Waals surface area contributed by atoms with Crippen LogP contribution in [0.5, 0.6) is 0 Å². The van der Waals surface area contributed by atoms with E-state index in [0.717, 1.165) is 18.0 Å². The van der Waals surface area contributed by atoms with Crippen LogP contribution in [0.4, 0.5) is 0 Å². The molecular formula is C18H29ClN4O. The van der Waals surface area contributed by atoms with Crippen LogP contribution in [-0.2, 0) is 11.2 Å². The number of carbonyl (C=O) groups is 1. The van der Waals surface area contributed by atoms with Gasteiger partial charge in [0.15, 0.2) is 5.96 Å². The third kappa shape index (κ3) is 7.68. The molecule has 1 aromatic carbocycles. The zero-order valence-electron chi connectivity index (χ0n) is 15.3. The molecule has 0 fully saturated rings. The number of hydrogen-bond acceptors (Lipinski definition) is 2. The van der Waals surface area contributed by atoms with E-state index in [-0.39, 0.29) is 11.3 Å². The third-order valence-corrected chi connectivity index (χ3v) is 3.89. The summed E-state index contributed by atoms with van der Waals surface area (Å²) in [4.78, 5) is 17.4. The van der Waals surface area contributed by atoms with E-state index in [1.807, 2.05) is 18.2 Å². The fraction of sp³-hybridized carbons (Fsp3) is 0.556. The maximum atomic E-state index is 11.6. The largest absolute Gasteiger partial charge is 0.356 e. The molecule has 134 valence electrons. The van der Waals surface area contributed by atoms with E-state index in [4.69, 9.17) is 11.6 Å². The lowest BCUT2D eigenvalue weighted by atomic mass is 9.86. The minimum absolute atomic E-state index is 0.0434. The van der Waals surface area contributed by atoms with Gasteiger partial charge in [-0.3, -0.25) is 9.79 Å². The SMILES string of the molecule is CN=C(NCCC(=O)N(C)C)NCC(C)(C)Cc1cccc(Cl)c1. The number of aliphatic imine (C=N–C) groups is 1. The first-order chi connectivity index (χ1) is 11.2. The van der Waals surface area contributed by atoms with Crippen LogP contribution < -0.4 is 10.6 Å². The van der Waals surface area contributed by atoms with Gasteiger partial charge in [0.1, 0.15) is 0 Å². The quantitative estimate of drug-likeness (QED) is 0.585. The molecule has 5 nitrogen and oxygen atoms in total. The lowest BCUT2D eigenvalue weighted by Crippen LogP contribution is -2.43. The van der Waals surface area contributed by atoms with E-state index >= 15 is 0 Å². The predicted octanol–water partition coefficient (Wildman–Crippen LogP) is 2.55. The Morgan fingerprint density at radius 3 is 2.58 bits per heavy atom. The maximum absolute atomic E-state index is 11.6. The van der Waals surface area contributed by atoms with Crippen molar-refractivity contribution in [3.8, 4) is 0 Å². The van der Waals surface area contributed by atoms with Gasteiger partial charge in [0, 0.05) is 45.7 Å². The minimum Gasteiger partial charge on any atom is -0.356 e. The number of nitrogens with zero attached hydrogens (tertiary/aromatic N) is 2. The Balaban J connectivity index is 2.45. The van der Waals surface area contributed by atoms with Crippen molar-refractivity contribution in [3.63, 3.8) is 0 Å². The van der Waals surface area contributed by atoms with E-state index in [1.165, 1.54) is 5.56 Å². The second-order valence-electron chi connectivity index (χ2n) is 6.86. The number of halogens is 1. The van der Waals surface area contributed by atoms with E-state index in [9.17, 15) is 4.79 Å². The molecule has 0 atom stereocenters. The summed E-state index contributed by atoms with van der Waals surface area (Å²) in [7, 11) is 5.24. The molecule has 0 saturated carbocycles. The first-order valence-corrected chi connectivity index (χ1v) is 8.50. The molecule has 6 heteroatoms. The van der Waals surface area contributed by atoms with Crippen LogP contribution in [-0.4, -0.2) is 51.0 Å².